The molecule has 1 aliphatic rings. The van der Waals surface area contributed by atoms with Gasteiger partial charge in [0.1, 0.15) is 0 Å². The number of nitro groups is 1. The maximum Gasteiger partial charge on any atom is 0.270 e. The summed E-state index contributed by atoms with van der Waals surface area (Å²) in [6, 6.07) is 5.02. The Labute approximate surface area is 122 Å². The SMILES string of the molecule is CN(CC1CNCCO1)S(=O)(=O)c1cccc([N+](=O)[O-])c1. The van der Waals surface area contributed by atoms with Crippen molar-refractivity contribution in [2.75, 3.05) is 33.3 Å². The van der Waals surface area contributed by atoms with E-state index in [0.29, 0.717) is 13.2 Å². The van der Waals surface area contributed by atoms with E-state index in [1.54, 1.807) is 0 Å². The lowest BCUT2D eigenvalue weighted by molar-refractivity contribution is -0.385. The Morgan fingerprint density at radius 1 is 1.52 bits per heavy atom. The van der Waals surface area contributed by atoms with Crippen LogP contribution < -0.4 is 5.32 Å². The fourth-order valence-electron chi connectivity index (χ4n) is 2.06. The molecular formula is C12H17N3O5S. The second kappa shape index (κ2) is 6.48. The summed E-state index contributed by atoms with van der Waals surface area (Å²) in [4.78, 5) is 10.0. The monoisotopic (exact) mass is 315 g/mol. The number of morpholine rings is 1. The van der Waals surface area contributed by atoms with E-state index in [-0.39, 0.29) is 23.2 Å². The predicted molar refractivity (Wildman–Crippen MR) is 75.5 cm³/mol. The summed E-state index contributed by atoms with van der Waals surface area (Å²) in [7, 11) is -2.34. The first-order valence-electron chi connectivity index (χ1n) is 6.44. The maximum absolute atomic E-state index is 12.4. The van der Waals surface area contributed by atoms with Gasteiger partial charge >= 0.3 is 0 Å². The number of hydrogen-bond donors (Lipinski definition) is 1. The summed E-state index contributed by atoms with van der Waals surface area (Å²) >= 11 is 0. The van der Waals surface area contributed by atoms with Gasteiger partial charge in [-0.1, -0.05) is 6.07 Å². The third-order valence-electron chi connectivity index (χ3n) is 3.20. The number of rotatable bonds is 5. The van der Waals surface area contributed by atoms with Gasteiger partial charge in [-0.15, -0.1) is 0 Å². The molecule has 0 aromatic heterocycles. The zero-order valence-corrected chi connectivity index (χ0v) is 12.4. The van der Waals surface area contributed by atoms with Crippen LogP contribution in [0.4, 0.5) is 5.69 Å². The Balaban J connectivity index is 2.16. The summed E-state index contributed by atoms with van der Waals surface area (Å²) in [5.41, 5.74) is -0.250. The minimum Gasteiger partial charge on any atom is -0.374 e. The quantitative estimate of drug-likeness (QED) is 0.615. The van der Waals surface area contributed by atoms with Gasteiger partial charge in [0.2, 0.25) is 10.0 Å². The molecule has 1 aromatic rings. The summed E-state index contributed by atoms with van der Waals surface area (Å²) in [5.74, 6) is 0. The van der Waals surface area contributed by atoms with Crippen molar-refractivity contribution in [1.82, 2.24) is 9.62 Å². The predicted octanol–water partition coefficient (Wildman–Crippen LogP) is 0.204. The smallest absolute Gasteiger partial charge is 0.270 e. The number of non-ortho nitro benzene ring substituents is 1. The Morgan fingerprint density at radius 2 is 2.29 bits per heavy atom. The number of ether oxygens (including phenoxy) is 1. The minimum atomic E-state index is -3.77. The Morgan fingerprint density at radius 3 is 2.90 bits per heavy atom. The van der Waals surface area contributed by atoms with Gasteiger partial charge in [0.15, 0.2) is 0 Å². The summed E-state index contributed by atoms with van der Waals surface area (Å²) in [6.07, 6.45) is -0.225. The molecule has 116 valence electrons. The van der Waals surface area contributed by atoms with Crippen LogP contribution in [-0.4, -0.2) is 57.0 Å². The number of nitrogens with one attached hydrogen (secondary N) is 1. The topological polar surface area (TPSA) is 102 Å². The van der Waals surface area contributed by atoms with E-state index in [1.165, 1.54) is 25.2 Å². The molecule has 1 saturated heterocycles. The molecule has 9 heteroatoms. The van der Waals surface area contributed by atoms with E-state index in [0.717, 1.165) is 16.9 Å². The molecule has 8 nitrogen and oxygen atoms in total. The molecule has 1 aliphatic heterocycles. The van der Waals surface area contributed by atoms with Crippen molar-refractivity contribution in [1.29, 1.82) is 0 Å². The molecular weight excluding hydrogens is 298 g/mol. The molecule has 1 N–H and O–H groups in total. The van der Waals surface area contributed by atoms with Gasteiger partial charge in [-0.05, 0) is 6.07 Å². The summed E-state index contributed by atoms with van der Waals surface area (Å²) < 4.78 is 31.4. The van der Waals surface area contributed by atoms with Crippen molar-refractivity contribution < 1.29 is 18.1 Å². The first kappa shape index (κ1) is 15.8. The van der Waals surface area contributed by atoms with Crippen molar-refractivity contribution in [3.05, 3.63) is 34.4 Å². The molecule has 0 amide bonds. The largest absolute Gasteiger partial charge is 0.374 e. The van der Waals surface area contributed by atoms with Gasteiger partial charge in [0.05, 0.1) is 22.5 Å². The van der Waals surface area contributed by atoms with Crippen LogP contribution >= 0.6 is 0 Å². The van der Waals surface area contributed by atoms with Crippen molar-refractivity contribution in [3.63, 3.8) is 0 Å². The van der Waals surface area contributed by atoms with E-state index < -0.39 is 14.9 Å². The highest BCUT2D eigenvalue weighted by Gasteiger charge is 2.26. The van der Waals surface area contributed by atoms with E-state index >= 15 is 0 Å². The molecule has 1 fully saturated rings. The van der Waals surface area contributed by atoms with E-state index in [2.05, 4.69) is 5.32 Å². The van der Waals surface area contributed by atoms with Crippen molar-refractivity contribution in [3.8, 4) is 0 Å². The van der Waals surface area contributed by atoms with Crippen molar-refractivity contribution >= 4 is 15.7 Å². The number of nitro benzene ring substituents is 1. The fourth-order valence-corrected chi connectivity index (χ4v) is 3.30. The van der Waals surface area contributed by atoms with Gasteiger partial charge in [0, 0.05) is 38.8 Å². The Bertz CT molecular complexity index is 613. The van der Waals surface area contributed by atoms with Gasteiger partial charge in [-0.25, -0.2) is 8.42 Å². The zero-order chi connectivity index (χ0) is 15.5. The van der Waals surface area contributed by atoms with Gasteiger partial charge in [-0.2, -0.15) is 4.31 Å². The van der Waals surface area contributed by atoms with Crippen LogP contribution in [0.15, 0.2) is 29.2 Å². The number of nitrogens with zero attached hydrogens (tertiary/aromatic N) is 2. The lowest BCUT2D eigenvalue weighted by atomic mass is 10.3. The molecule has 0 bridgehead atoms. The first-order valence-corrected chi connectivity index (χ1v) is 7.88. The maximum atomic E-state index is 12.4. The second-order valence-corrected chi connectivity index (χ2v) is 6.78. The zero-order valence-electron chi connectivity index (χ0n) is 11.6. The van der Waals surface area contributed by atoms with Gasteiger partial charge < -0.3 is 10.1 Å². The Kier molecular flexibility index (Phi) is 4.88. The second-order valence-electron chi connectivity index (χ2n) is 4.74. The lowest BCUT2D eigenvalue weighted by Gasteiger charge is -2.27. The fraction of sp³-hybridized carbons (Fsp3) is 0.500. The molecule has 1 heterocycles. The van der Waals surface area contributed by atoms with E-state index in [4.69, 9.17) is 4.74 Å². The van der Waals surface area contributed by atoms with Crippen molar-refractivity contribution in [2.24, 2.45) is 0 Å². The van der Waals surface area contributed by atoms with E-state index in [1.807, 2.05) is 0 Å². The molecule has 21 heavy (non-hydrogen) atoms. The molecule has 0 spiro atoms. The normalized spacial score (nSPS) is 19.6. The van der Waals surface area contributed by atoms with Crippen LogP contribution in [-0.2, 0) is 14.8 Å². The van der Waals surface area contributed by atoms with Crippen LogP contribution in [0.1, 0.15) is 0 Å². The van der Waals surface area contributed by atoms with Crippen LogP contribution in [0.5, 0.6) is 0 Å². The van der Waals surface area contributed by atoms with Crippen LogP contribution in [0, 0.1) is 10.1 Å². The minimum absolute atomic E-state index is 0.0945. The molecule has 0 radical (unpaired) electrons. The molecule has 1 unspecified atom stereocenters. The highest BCUT2D eigenvalue weighted by molar-refractivity contribution is 7.89. The third kappa shape index (κ3) is 3.76. The standard InChI is InChI=1S/C12H17N3O5S/c1-14(9-11-8-13-5-6-20-11)21(18,19)12-4-2-3-10(7-12)15(16)17/h2-4,7,11,13H,5-6,8-9H2,1H3. The van der Waals surface area contributed by atoms with Crippen LogP contribution in [0.25, 0.3) is 0 Å². The summed E-state index contributed by atoms with van der Waals surface area (Å²) in [5, 5.41) is 13.9. The van der Waals surface area contributed by atoms with Crippen molar-refractivity contribution in [2.45, 2.75) is 11.0 Å². The van der Waals surface area contributed by atoms with Gasteiger partial charge in [0.25, 0.3) is 5.69 Å². The van der Waals surface area contributed by atoms with E-state index in [9.17, 15) is 18.5 Å². The molecule has 2 rings (SSSR count). The average molecular weight is 315 g/mol. The molecule has 0 aliphatic carbocycles. The number of hydrogen-bond acceptors (Lipinski definition) is 6. The first-order chi connectivity index (χ1) is 9.91. The Hall–Kier alpha value is -1.55. The van der Waals surface area contributed by atoms with Crippen LogP contribution in [0.2, 0.25) is 0 Å². The number of benzene rings is 1. The molecule has 1 atom stereocenters. The number of likely N-dealkylation sites (N-methyl/N-ethyl adjacent to an activating group) is 1. The van der Waals surface area contributed by atoms with Gasteiger partial charge in [-0.3, -0.25) is 10.1 Å². The molecule has 0 saturated carbocycles. The lowest BCUT2D eigenvalue weighted by Crippen LogP contribution is -2.45. The highest BCUT2D eigenvalue weighted by atomic mass is 32.2. The number of sulfonamides is 1. The average Bonchev–Trinajstić information content (AvgIpc) is 2.48. The highest BCUT2D eigenvalue weighted by Crippen LogP contribution is 2.20. The molecule has 1 aromatic carbocycles. The summed E-state index contributed by atoms with van der Waals surface area (Å²) in [6.45, 7) is 2.06. The van der Waals surface area contributed by atoms with Crippen LogP contribution in [0.3, 0.4) is 0 Å². The third-order valence-corrected chi connectivity index (χ3v) is 5.02.